The summed E-state index contributed by atoms with van der Waals surface area (Å²) in [6.45, 7) is 1.97. The molecule has 114 valence electrons. The molecule has 2 rings (SSSR count). The molecule has 0 spiro atoms. The average Bonchev–Trinajstić information content (AvgIpc) is 2.51. The fourth-order valence-electron chi connectivity index (χ4n) is 2.28. The lowest BCUT2D eigenvalue weighted by Crippen LogP contribution is -2.21. The first-order chi connectivity index (χ1) is 10.5. The SMILES string of the molecule is CCC(C(=O)Nc1ccc(I)c(C(N)=O)c1)c1ccccc1. The molecule has 3 N–H and O–H groups in total. The van der Waals surface area contributed by atoms with Crippen LogP contribution in [0.2, 0.25) is 0 Å². The van der Waals surface area contributed by atoms with Gasteiger partial charge in [0.25, 0.3) is 0 Å². The highest BCUT2D eigenvalue weighted by Gasteiger charge is 2.19. The van der Waals surface area contributed by atoms with Crippen molar-refractivity contribution in [3.63, 3.8) is 0 Å². The lowest BCUT2D eigenvalue weighted by molar-refractivity contribution is -0.117. The van der Waals surface area contributed by atoms with E-state index < -0.39 is 5.91 Å². The minimum absolute atomic E-state index is 0.0923. The molecule has 0 radical (unpaired) electrons. The van der Waals surface area contributed by atoms with E-state index >= 15 is 0 Å². The van der Waals surface area contributed by atoms with Gasteiger partial charge in [-0.15, -0.1) is 0 Å². The summed E-state index contributed by atoms with van der Waals surface area (Å²) in [4.78, 5) is 23.9. The lowest BCUT2D eigenvalue weighted by Gasteiger charge is -2.16. The fraction of sp³-hybridized carbons (Fsp3) is 0.176. The Morgan fingerprint density at radius 1 is 1.18 bits per heavy atom. The van der Waals surface area contributed by atoms with Crippen molar-refractivity contribution >= 4 is 40.1 Å². The van der Waals surface area contributed by atoms with Crippen LogP contribution >= 0.6 is 22.6 Å². The third-order valence-electron chi connectivity index (χ3n) is 3.43. The highest BCUT2D eigenvalue weighted by atomic mass is 127. The van der Waals surface area contributed by atoms with Gasteiger partial charge in [0.15, 0.2) is 0 Å². The summed E-state index contributed by atoms with van der Waals surface area (Å²) in [6.07, 6.45) is 0.697. The van der Waals surface area contributed by atoms with Gasteiger partial charge < -0.3 is 11.1 Å². The summed E-state index contributed by atoms with van der Waals surface area (Å²) in [6, 6.07) is 14.8. The molecule has 2 aromatic rings. The summed E-state index contributed by atoms with van der Waals surface area (Å²) in [5, 5.41) is 2.86. The Hall–Kier alpha value is -1.89. The fourth-order valence-corrected chi connectivity index (χ4v) is 2.88. The molecular weight excluding hydrogens is 391 g/mol. The first-order valence-electron chi connectivity index (χ1n) is 6.98. The second-order valence-electron chi connectivity index (χ2n) is 4.92. The van der Waals surface area contributed by atoms with Gasteiger partial charge in [-0.25, -0.2) is 0 Å². The van der Waals surface area contributed by atoms with E-state index in [0.717, 1.165) is 9.13 Å². The molecule has 1 unspecified atom stereocenters. The minimum Gasteiger partial charge on any atom is -0.366 e. The zero-order chi connectivity index (χ0) is 16.1. The van der Waals surface area contributed by atoms with Crippen LogP contribution in [0.3, 0.4) is 0 Å². The number of nitrogens with two attached hydrogens (primary N) is 1. The van der Waals surface area contributed by atoms with E-state index in [2.05, 4.69) is 5.32 Å². The monoisotopic (exact) mass is 408 g/mol. The number of amides is 2. The molecule has 0 saturated heterocycles. The van der Waals surface area contributed by atoms with E-state index in [-0.39, 0.29) is 11.8 Å². The second kappa shape index (κ2) is 7.40. The zero-order valence-corrected chi connectivity index (χ0v) is 14.3. The van der Waals surface area contributed by atoms with Crippen molar-refractivity contribution in [1.82, 2.24) is 0 Å². The molecule has 0 aliphatic rings. The standard InChI is InChI=1S/C17H17IN2O2/c1-2-13(11-6-4-3-5-7-11)17(22)20-12-8-9-15(18)14(10-12)16(19)21/h3-10,13H,2H2,1H3,(H2,19,21)(H,20,22). The van der Waals surface area contributed by atoms with E-state index in [4.69, 9.17) is 5.73 Å². The van der Waals surface area contributed by atoms with Crippen LogP contribution in [0.25, 0.3) is 0 Å². The van der Waals surface area contributed by atoms with Crippen LogP contribution in [0.1, 0.15) is 35.2 Å². The number of rotatable bonds is 5. The van der Waals surface area contributed by atoms with Crippen molar-refractivity contribution in [2.75, 3.05) is 5.32 Å². The van der Waals surface area contributed by atoms with Crippen molar-refractivity contribution in [2.24, 2.45) is 5.73 Å². The number of halogens is 1. The largest absolute Gasteiger partial charge is 0.366 e. The smallest absolute Gasteiger partial charge is 0.249 e. The van der Waals surface area contributed by atoms with Gasteiger partial charge in [0, 0.05) is 9.26 Å². The van der Waals surface area contributed by atoms with Crippen LogP contribution in [0.15, 0.2) is 48.5 Å². The summed E-state index contributed by atoms with van der Waals surface area (Å²) >= 11 is 2.04. The van der Waals surface area contributed by atoms with Gasteiger partial charge in [0.05, 0.1) is 11.5 Å². The topological polar surface area (TPSA) is 72.2 Å². The Balaban J connectivity index is 2.21. The van der Waals surface area contributed by atoms with Gasteiger partial charge >= 0.3 is 0 Å². The van der Waals surface area contributed by atoms with Crippen LogP contribution in [0.5, 0.6) is 0 Å². The molecule has 2 amide bonds. The number of hydrogen-bond acceptors (Lipinski definition) is 2. The van der Waals surface area contributed by atoms with Gasteiger partial charge in [-0.2, -0.15) is 0 Å². The van der Waals surface area contributed by atoms with Crippen LogP contribution in [0.4, 0.5) is 5.69 Å². The summed E-state index contributed by atoms with van der Waals surface area (Å²) in [7, 11) is 0. The maximum absolute atomic E-state index is 12.5. The molecule has 1 atom stereocenters. The van der Waals surface area contributed by atoms with Gasteiger partial charge in [0.1, 0.15) is 0 Å². The highest BCUT2D eigenvalue weighted by molar-refractivity contribution is 14.1. The maximum atomic E-state index is 12.5. The number of carbonyl (C=O) groups excluding carboxylic acids is 2. The van der Waals surface area contributed by atoms with Crippen LogP contribution in [0, 0.1) is 3.57 Å². The molecule has 0 heterocycles. The van der Waals surface area contributed by atoms with Crippen molar-refractivity contribution in [2.45, 2.75) is 19.3 Å². The Morgan fingerprint density at radius 3 is 2.45 bits per heavy atom. The van der Waals surface area contributed by atoms with E-state index in [1.54, 1.807) is 18.2 Å². The van der Waals surface area contributed by atoms with Gasteiger partial charge in [-0.1, -0.05) is 37.3 Å². The van der Waals surface area contributed by atoms with Crippen LogP contribution < -0.4 is 11.1 Å². The Morgan fingerprint density at radius 2 is 1.86 bits per heavy atom. The molecule has 0 aliphatic heterocycles. The summed E-state index contributed by atoms with van der Waals surface area (Å²) < 4.78 is 0.762. The quantitative estimate of drug-likeness (QED) is 0.744. The number of carbonyl (C=O) groups is 2. The van der Waals surface area contributed by atoms with Gasteiger partial charge in [-0.3, -0.25) is 9.59 Å². The van der Waals surface area contributed by atoms with E-state index in [1.807, 2.05) is 59.8 Å². The molecule has 5 heteroatoms. The Bertz CT molecular complexity index is 686. The molecule has 0 bridgehead atoms. The van der Waals surface area contributed by atoms with Gasteiger partial charge in [0.2, 0.25) is 11.8 Å². The van der Waals surface area contributed by atoms with Crippen molar-refractivity contribution in [1.29, 1.82) is 0 Å². The third-order valence-corrected chi connectivity index (χ3v) is 4.37. The molecule has 2 aromatic carbocycles. The van der Waals surface area contributed by atoms with Gasteiger partial charge in [-0.05, 0) is 52.8 Å². The summed E-state index contributed by atoms with van der Waals surface area (Å²) in [5.41, 5.74) is 7.30. The maximum Gasteiger partial charge on any atom is 0.249 e. The molecule has 0 aromatic heterocycles. The van der Waals surface area contributed by atoms with Crippen molar-refractivity contribution < 1.29 is 9.59 Å². The molecule has 0 aliphatic carbocycles. The number of primary amides is 1. The molecule has 22 heavy (non-hydrogen) atoms. The second-order valence-corrected chi connectivity index (χ2v) is 6.08. The van der Waals surface area contributed by atoms with Crippen LogP contribution in [-0.4, -0.2) is 11.8 Å². The highest BCUT2D eigenvalue weighted by Crippen LogP contribution is 2.23. The minimum atomic E-state index is -0.504. The lowest BCUT2D eigenvalue weighted by atomic mass is 9.95. The molecule has 4 nitrogen and oxygen atoms in total. The predicted octanol–water partition coefficient (Wildman–Crippen LogP) is 3.52. The number of anilines is 1. The first-order valence-corrected chi connectivity index (χ1v) is 8.06. The number of hydrogen-bond donors (Lipinski definition) is 2. The number of benzene rings is 2. The zero-order valence-electron chi connectivity index (χ0n) is 12.2. The number of nitrogens with one attached hydrogen (secondary N) is 1. The molecular formula is C17H17IN2O2. The summed E-state index contributed by atoms with van der Waals surface area (Å²) in [5.74, 6) is -0.821. The normalized spacial score (nSPS) is 11.7. The third kappa shape index (κ3) is 3.85. The molecule has 0 fully saturated rings. The van der Waals surface area contributed by atoms with Crippen molar-refractivity contribution in [3.05, 3.63) is 63.2 Å². The first kappa shape index (κ1) is 16.5. The predicted molar refractivity (Wildman–Crippen MR) is 95.8 cm³/mol. The van der Waals surface area contributed by atoms with E-state index in [9.17, 15) is 9.59 Å². The van der Waals surface area contributed by atoms with E-state index in [1.165, 1.54) is 0 Å². The molecule has 0 saturated carbocycles. The average molecular weight is 408 g/mol. The Labute approximate surface area is 143 Å². The van der Waals surface area contributed by atoms with Crippen LogP contribution in [-0.2, 0) is 4.79 Å². The van der Waals surface area contributed by atoms with Crippen molar-refractivity contribution in [3.8, 4) is 0 Å². The van der Waals surface area contributed by atoms with E-state index in [0.29, 0.717) is 17.7 Å². The Kier molecular flexibility index (Phi) is 5.54.